The molecular weight excluding hydrogens is 208 g/mol. The zero-order valence-corrected chi connectivity index (χ0v) is 11.3. The van der Waals surface area contributed by atoms with E-state index in [9.17, 15) is 0 Å². The lowest BCUT2D eigenvalue weighted by Crippen LogP contribution is -2.15. The first-order valence-electron chi connectivity index (χ1n) is 6.39. The molecule has 0 aliphatic rings. The van der Waals surface area contributed by atoms with E-state index in [1.807, 2.05) is 0 Å². The molecule has 0 radical (unpaired) electrons. The van der Waals surface area contributed by atoms with Gasteiger partial charge in [0, 0.05) is 24.1 Å². The monoisotopic (exact) mass is 230 g/mol. The van der Waals surface area contributed by atoms with Gasteiger partial charge in [0.1, 0.15) is 0 Å². The first kappa shape index (κ1) is 12.2. The Morgan fingerprint density at radius 3 is 2.71 bits per heavy atom. The molecular formula is C15H22N2. The fourth-order valence-corrected chi connectivity index (χ4v) is 2.60. The van der Waals surface area contributed by atoms with Gasteiger partial charge in [-0.2, -0.15) is 0 Å². The van der Waals surface area contributed by atoms with Crippen LogP contribution >= 0.6 is 0 Å². The smallest absolute Gasteiger partial charge is 0.0485 e. The molecule has 0 bridgehead atoms. The number of fused-ring (bicyclic) bond motifs is 1. The molecule has 0 fully saturated rings. The van der Waals surface area contributed by atoms with Crippen LogP contribution in [0.1, 0.15) is 23.6 Å². The fraction of sp³-hybridized carbons (Fsp3) is 0.467. The Bertz CT molecular complexity index is 523. The summed E-state index contributed by atoms with van der Waals surface area (Å²) in [6, 6.07) is 4.55. The van der Waals surface area contributed by atoms with Gasteiger partial charge in [0.05, 0.1) is 0 Å². The summed E-state index contributed by atoms with van der Waals surface area (Å²) in [6.07, 6.45) is 3.38. The molecule has 2 heteroatoms. The van der Waals surface area contributed by atoms with Gasteiger partial charge >= 0.3 is 0 Å². The van der Waals surface area contributed by atoms with Crippen molar-refractivity contribution in [3.8, 4) is 0 Å². The lowest BCUT2D eigenvalue weighted by atomic mass is 10.0. The molecule has 0 saturated carbocycles. The summed E-state index contributed by atoms with van der Waals surface area (Å²) in [5, 5.41) is 4.83. The number of aromatic nitrogens is 1. The summed E-state index contributed by atoms with van der Waals surface area (Å²) in [5.74, 6) is 0. The summed E-state index contributed by atoms with van der Waals surface area (Å²) in [5.41, 5.74) is 5.55. The zero-order valence-electron chi connectivity index (χ0n) is 11.3. The van der Waals surface area contributed by atoms with Crippen LogP contribution in [0.4, 0.5) is 0 Å². The quantitative estimate of drug-likeness (QED) is 0.799. The predicted octanol–water partition coefficient (Wildman–Crippen LogP) is 2.95. The van der Waals surface area contributed by atoms with E-state index in [2.05, 4.69) is 56.0 Å². The first-order valence-corrected chi connectivity index (χ1v) is 6.39. The van der Waals surface area contributed by atoms with Gasteiger partial charge in [-0.3, -0.25) is 0 Å². The number of hydrogen-bond acceptors (Lipinski definition) is 1. The minimum atomic E-state index is 1.04. The van der Waals surface area contributed by atoms with E-state index in [1.165, 1.54) is 27.6 Å². The average Bonchev–Trinajstić information content (AvgIpc) is 2.56. The highest BCUT2D eigenvalue weighted by Crippen LogP contribution is 2.26. The Morgan fingerprint density at radius 2 is 2.00 bits per heavy atom. The Balaban J connectivity index is 2.43. The van der Waals surface area contributed by atoms with Crippen molar-refractivity contribution in [2.24, 2.45) is 7.05 Å². The van der Waals surface area contributed by atoms with E-state index in [4.69, 9.17) is 0 Å². The van der Waals surface area contributed by atoms with Gasteiger partial charge in [-0.25, -0.2) is 0 Å². The van der Waals surface area contributed by atoms with Gasteiger partial charge in [-0.15, -0.1) is 0 Å². The van der Waals surface area contributed by atoms with Crippen LogP contribution < -0.4 is 5.32 Å². The summed E-state index contributed by atoms with van der Waals surface area (Å²) < 4.78 is 2.25. The van der Waals surface area contributed by atoms with Crippen molar-refractivity contribution in [3.05, 3.63) is 35.0 Å². The SMILES string of the molecule is CCNCCc1cn(C)c2cc(C)cc(C)c12. The number of nitrogens with zero attached hydrogens (tertiary/aromatic N) is 1. The number of rotatable bonds is 4. The van der Waals surface area contributed by atoms with Crippen molar-refractivity contribution in [2.45, 2.75) is 27.2 Å². The highest BCUT2D eigenvalue weighted by molar-refractivity contribution is 5.87. The number of aryl methyl sites for hydroxylation is 3. The van der Waals surface area contributed by atoms with Crippen LogP contribution in [-0.4, -0.2) is 17.7 Å². The lowest BCUT2D eigenvalue weighted by Gasteiger charge is -2.04. The summed E-state index contributed by atoms with van der Waals surface area (Å²) in [7, 11) is 2.14. The van der Waals surface area contributed by atoms with Crippen LogP contribution in [0.2, 0.25) is 0 Å². The molecule has 0 aliphatic carbocycles. The summed E-state index contributed by atoms with van der Waals surface area (Å²) >= 11 is 0. The number of nitrogens with one attached hydrogen (secondary N) is 1. The third-order valence-corrected chi connectivity index (χ3v) is 3.33. The molecule has 1 aromatic heterocycles. The first-order chi connectivity index (χ1) is 8.13. The number of likely N-dealkylation sites (N-methyl/N-ethyl adjacent to an activating group) is 1. The molecule has 1 aromatic carbocycles. The molecule has 0 saturated heterocycles. The average molecular weight is 230 g/mol. The normalized spacial score (nSPS) is 11.3. The minimum Gasteiger partial charge on any atom is -0.350 e. The molecule has 17 heavy (non-hydrogen) atoms. The molecule has 0 unspecified atom stereocenters. The van der Waals surface area contributed by atoms with E-state index >= 15 is 0 Å². The fourth-order valence-electron chi connectivity index (χ4n) is 2.60. The second kappa shape index (κ2) is 4.92. The minimum absolute atomic E-state index is 1.04. The number of benzene rings is 1. The third kappa shape index (κ3) is 2.37. The van der Waals surface area contributed by atoms with E-state index in [1.54, 1.807) is 0 Å². The Morgan fingerprint density at radius 1 is 1.24 bits per heavy atom. The Hall–Kier alpha value is -1.28. The summed E-state index contributed by atoms with van der Waals surface area (Å²) in [6.45, 7) is 8.63. The Kier molecular flexibility index (Phi) is 3.53. The largest absolute Gasteiger partial charge is 0.350 e. The van der Waals surface area contributed by atoms with Crippen molar-refractivity contribution in [1.29, 1.82) is 0 Å². The zero-order chi connectivity index (χ0) is 12.4. The molecule has 0 aliphatic heterocycles. The van der Waals surface area contributed by atoms with Crippen molar-refractivity contribution in [2.75, 3.05) is 13.1 Å². The second-order valence-corrected chi connectivity index (χ2v) is 4.84. The molecule has 0 atom stereocenters. The predicted molar refractivity (Wildman–Crippen MR) is 74.6 cm³/mol. The van der Waals surface area contributed by atoms with Crippen LogP contribution in [0, 0.1) is 13.8 Å². The van der Waals surface area contributed by atoms with Crippen LogP contribution in [0.3, 0.4) is 0 Å². The van der Waals surface area contributed by atoms with E-state index < -0.39 is 0 Å². The Labute approximate surface area is 104 Å². The van der Waals surface area contributed by atoms with E-state index in [0.717, 1.165) is 19.5 Å². The van der Waals surface area contributed by atoms with Gasteiger partial charge in [0.25, 0.3) is 0 Å². The molecule has 0 amide bonds. The van der Waals surface area contributed by atoms with Gasteiger partial charge in [-0.1, -0.05) is 13.0 Å². The van der Waals surface area contributed by atoms with Crippen molar-refractivity contribution in [1.82, 2.24) is 9.88 Å². The highest BCUT2D eigenvalue weighted by atomic mass is 14.9. The van der Waals surface area contributed by atoms with E-state index in [-0.39, 0.29) is 0 Å². The number of hydrogen-bond donors (Lipinski definition) is 1. The molecule has 2 rings (SSSR count). The summed E-state index contributed by atoms with van der Waals surface area (Å²) in [4.78, 5) is 0. The molecule has 1 heterocycles. The maximum Gasteiger partial charge on any atom is 0.0485 e. The van der Waals surface area contributed by atoms with Gasteiger partial charge in [0.15, 0.2) is 0 Å². The maximum atomic E-state index is 3.39. The highest BCUT2D eigenvalue weighted by Gasteiger charge is 2.09. The van der Waals surface area contributed by atoms with Crippen LogP contribution in [0.15, 0.2) is 18.3 Å². The molecule has 0 spiro atoms. The van der Waals surface area contributed by atoms with Gasteiger partial charge in [0.2, 0.25) is 0 Å². The van der Waals surface area contributed by atoms with E-state index in [0.29, 0.717) is 0 Å². The van der Waals surface area contributed by atoms with Crippen molar-refractivity contribution < 1.29 is 0 Å². The maximum absolute atomic E-state index is 3.39. The van der Waals surface area contributed by atoms with Crippen LogP contribution in [-0.2, 0) is 13.5 Å². The molecule has 2 nitrogen and oxygen atoms in total. The van der Waals surface area contributed by atoms with Crippen LogP contribution in [0.5, 0.6) is 0 Å². The van der Waals surface area contributed by atoms with Gasteiger partial charge in [-0.05, 0) is 56.1 Å². The molecule has 2 aromatic rings. The van der Waals surface area contributed by atoms with Crippen LogP contribution in [0.25, 0.3) is 10.9 Å². The molecule has 1 N–H and O–H groups in total. The second-order valence-electron chi connectivity index (χ2n) is 4.84. The van der Waals surface area contributed by atoms with Crippen molar-refractivity contribution >= 4 is 10.9 Å². The van der Waals surface area contributed by atoms with Gasteiger partial charge < -0.3 is 9.88 Å². The van der Waals surface area contributed by atoms with Crippen molar-refractivity contribution in [3.63, 3.8) is 0 Å². The third-order valence-electron chi connectivity index (χ3n) is 3.33. The molecule has 92 valence electrons. The lowest BCUT2D eigenvalue weighted by molar-refractivity contribution is 0.717. The topological polar surface area (TPSA) is 17.0 Å². The standard InChI is InChI=1S/C15H22N2/c1-5-16-7-6-13-10-17(4)14-9-11(2)8-12(3)15(13)14/h8-10,16H,5-7H2,1-4H3.